The fraction of sp³-hybridized carbons (Fsp3) is 0.875. The molecule has 0 N–H and O–H groups in total. The van der Waals surface area contributed by atoms with Crippen LogP contribution in [0.1, 0.15) is 51.9 Å². The van der Waals surface area contributed by atoms with Gasteiger partial charge in [-0.3, -0.25) is 9.59 Å². The first kappa shape index (κ1) is 13.9. The molecule has 4 heteroatoms. The summed E-state index contributed by atoms with van der Waals surface area (Å²) in [6.07, 6.45) is 8.69. The summed E-state index contributed by atoms with van der Waals surface area (Å²) in [7, 11) is 1.78. The van der Waals surface area contributed by atoms with Gasteiger partial charge in [0, 0.05) is 13.0 Å². The summed E-state index contributed by atoms with van der Waals surface area (Å²) in [6.45, 7) is 2.33. The third-order valence-corrected chi connectivity index (χ3v) is 5.74. The van der Waals surface area contributed by atoms with Crippen LogP contribution in [-0.2, 0) is 9.59 Å². The van der Waals surface area contributed by atoms with Crippen molar-refractivity contribution in [2.45, 2.75) is 57.9 Å². The minimum Gasteiger partial charge on any atom is -0.326 e. The summed E-state index contributed by atoms with van der Waals surface area (Å²) in [5.41, 5.74) is 0. The van der Waals surface area contributed by atoms with E-state index in [1.165, 1.54) is 32.1 Å². The van der Waals surface area contributed by atoms with Crippen molar-refractivity contribution in [2.75, 3.05) is 13.7 Å². The molecule has 4 nitrogen and oxygen atoms in total. The van der Waals surface area contributed by atoms with Gasteiger partial charge in [-0.1, -0.05) is 25.7 Å². The van der Waals surface area contributed by atoms with Gasteiger partial charge in [0.2, 0.25) is 11.8 Å². The Hall–Kier alpha value is -1.06. The molecular formula is C16H26N2O2. The van der Waals surface area contributed by atoms with Gasteiger partial charge in [-0.05, 0) is 38.0 Å². The molecule has 3 fully saturated rings. The van der Waals surface area contributed by atoms with Gasteiger partial charge < -0.3 is 9.80 Å². The first-order chi connectivity index (χ1) is 9.58. The van der Waals surface area contributed by atoms with Crippen LogP contribution in [0.25, 0.3) is 0 Å². The summed E-state index contributed by atoms with van der Waals surface area (Å²) in [5.74, 6) is 2.09. The maximum absolute atomic E-state index is 12.7. The lowest BCUT2D eigenvalue weighted by Crippen LogP contribution is -2.43. The monoisotopic (exact) mass is 278 g/mol. The molecule has 0 spiro atoms. The highest BCUT2D eigenvalue weighted by Crippen LogP contribution is 2.43. The summed E-state index contributed by atoms with van der Waals surface area (Å²) in [5, 5.41) is 0. The van der Waals surface area contributed by atoms with Crippen LogP contribution in [-0.4, -0.2) is 41.4 Å². The van der Waals surface area contributed by atoms with Crippen molar-refractivity contribution in [3.63, 3.8) is 0 Å². The van der Waals surface area contributed by atoms with Gasteiger partial charge >= 0.3 is 0 Å². The van der Waals surface area contributed by atoms with Crippen LogP contribution >= 0.6 is 0 Å². The van der Waals surface area contributed by atoms with Crippen LogP contribution in [0.4, 0.5) is 0 Å². The highest BCUT2D eigenvalue weighted by atomic mass is 16.2. The fourth-order valence-electron chi connectivity index (χ4n) is 4.47. The molecule has 1 saturated heterocycles. The molecule has 0 radical (unpaired) electrons. The van der Waals surface area contributed by atoms with Crippen molar-refractivity contribution in [2.24, 2.45) is 17.8 Å². The normalized spacial score (nSPS) is 38.0. The highest BCUT2D eigenvalue weighted by molar-refractivity contribution is 5.91. The van der Waals surface area contributed by atoms with Crippen molar-refractivity contribution in [3.05, 3.63) is 0 Å². The van der Waals surface area contributed by atoms with Gasteiger partial charge in [-0.2, -0.15) is 0 Å². The van der Waals surface area contributed by atoms with E-state index >= 15 is 0 Å². The van der Waals surface area contributed by atoms with Crippen molar-refractivity contribution >= 4 is 11.8 Å². The average molecular weight is 278 g/mol. The van der Waals surface area contributed by atoms with Gasteiger partial charge in [0.05, 0.1) is 6.67 Å². The van der Waals surface area contributed by atoms with E-state index < -0.39 is 0 Å². The Bertz CT molecular complexity index is 409. The molecule has 1 heterocycles. The van der Waals surface area contributed by atoms with Crippen molar-refractivity contribution in [1.29, 1.82) is 0 Å². The molecule has 3 aliphatic rings. The lowest BCUT2D eigenvalue weighted by molar-refractivity contribution is -0.140. The third-order valence-electron chi connectivity index (χ3n) is 5.74. The molecule has 0 aromatic heterocycles. The Kier molecular flexibility index (Phi) is 3.74. The number of carbonyl (C=O) groups is 2. The van der Waals surface area contributed by atoms with Gasteiger partial charge in [0.25, 0.3) is 0 Å². The average Bonchev–Trinajstić information content (AvgIpc) is 2.73. The lowest BCUT2D eigenvalue weighted by Gasteiger charge is -2.39. The quantitative estimate of drug-likeness (QED) is 0.738. The molecule has 20 heavy (non-hydrogen) atoms. The fourth-order valence-corrected chi connectivity index (χ4v) is 4.47. The van der Waals surface area contributed by atoms with E-state index in [0.29, 0.717) is 6.67 Å². The Labute approximate surface area is 121 Å². The number of amides is 2. The minimum absolute atomic E-state index is 0.0738. The molecule has 2 saturated carbocycles. The summed E-state index contributed by atoms with van der Waals surface area (Å²) < 4.78 is 0. The standard InChI is InChI=1S/C16H26N2O2/c1-11-15(19)17(2)10-18(11)16(20)14-8-7-12-5-3-4-6-13(12)9-14/h11-14H,3-10H2,1-2H3. The predicted octanol–water partition coefficient (Wildman–Crippen LogP) is 2.24. The molecule has 0 aromatic rings. The molecular weight excluding hydrogens is 252 g/mol. The Morgan fingerprint density at radius 1 is 1.10 bits per heavy atom. The van der Waals surface area contributed by atoms with Crippen molar-refractivity contribution in [1.82, 2.24) is 9.80 Å². The molecule has 2 amide bonds. The zero-order chi connectivity index (χ0) is 14.3. The summed E-state index contributed by atoms with van der Waals surface area (Å²) >= 11 is 0. The number of carbonyl (C=O) groups excluding carboxylic acids is 2. The van der Waals surface area contributed by atoms with E-state index in [1.54, 1.807) is 16.8 Å². The summed E-state index contributed by atoms with van der Waals surface area (Å²) in [4.78, 5) is 28.0. The number of hydrogen-bond donors (Lipinski definition) is 0. The van der Waals surface area contributed by atoms with Gasteiger partial charge in [-0.25, -0.2) is 0 Å². The lowest BCUT2D eigenvalue weighted by atomic mass is 9.67. The molecule has 4 atom stereocenters. The van der Waals surface area contributed by atoms with E-state index in [9.17, 15) is 9.59 Å². The zero-order valence-electron chi connectivity index (χ0n) is 12.7. The molecule has 2 aliphatic carbocycles. The Morgan fingerprint density at radius 2 is 1.80 bits per heavy atom. The van der Waals surface area contributed by atoms with Crippen LogP contribution in [0.15, 0.2) is 0 Å². The molecule has 3 rings (SSSR count). The Morgan fingerprint density at radius 3 is 2.45 bits per heavy atom. The molecule has 0 aromatic carbocycles. The second-order valence-corrected chi connectivity index (χ2v) is 6.98. The number of nitrogens with zero attached hydrogens (tertiary/aromatic N) is 2. The second-order valence-electron chi connectivity index (χ2n) is 6.98. The molecule has 112 valence electrons. The SMILES string of the molecule is CC1C(=O)N(C)CN1C(=O)C1CCC2CCCCC2C1. The third kappa shape index (κ3) is 2.33. The van der Waals surface area contributed by atoms with Crippen LogP contribution < -0.4 is 0 Å². The van der Waals surface area contributed by atoms with E-state index in [4.69, 9.17) is 0 Å². The van der Waals surface area contributed by atoms with E-state index in [-0.39, 0.29) is 23.8 Å². The van der Waals surface area contributed by atoms with Crippen molar-refractivity contribution in [3.8, 4) is 0 Å². The van der Waals surface area contributed by atoms with Crippen molar-refractivity contribution < 1.29 is 9.59 Å². The van der Waals surface area contributed by atoms with Gasteiger partial charge in [-0.15, -0.1) is 0 Å². The van der Waals surface area contributed by atoms with Crippen LogP contribution in [0, 0.1) is 17.8 Å². The van der Waals surface area contributed by atoms with E-state index in [0.717, 1.165) is 24.7 Å². The number of likely N-dealkylation sites (N-methyl/N-ethyl adjacent to an activating group) is 1. The minimum atomic E-state index is -0.267. The maximum atomic E-state index is 12.7. The molecule has 0 bridgehead atoms. The van der Waals surface area contributed by atoms with Crippen LogP contribution in [0.3, 0.4) is 0 Å². The zero-order valence-corrected chi connectivity index (χ0v) is 12.7. The van der Waals surface area contributed by atoms with Gasteiger partial charge in [0.15, 0.2) is 0 Å². The number of hydrogen-bond acceptors (Lipinski definition) is 2. The van der Waals surface area contributed by atoms with Crippen LogP contribution in [0.5, 0.6) is 0 Å². The van der Waals surface area contributed by atoms with Gasteiger partial charge in [0.1, 0.15) is 6.04 Å². The first-order valence-electron chi connectivity index (χ1n) is 8.13. The topological polar surface area (TPSA) is 40.6 Å². The summed E-state index contributed by atoms with van der Waals surface area (Å²) in [6, 6.07) is -0.267. The maximum Gasteiger partial charge on any atom is 0.246 e. The predicted molar refractivity (Wildman–Crippen MR) is 76.7 cm³/mol. The largest absolute Gasteiger partial charge is 0.326 e. The molecule has 1 aliphatic heterocycles. The first-order valence-corrected chi connectivity index (χ1v) is 8.13. The highest BCUT2D eigenvalue weighted by Gasteiger charge is 2.41. The van der Waals surface area contributed by atoms with E-state index in [2.05, 4.69) is 0 Å². The Balaban J connectivity index is 1.64. The smallest absolute Gasteiger partial charge is 0.246 e. The number of fused-ring (bicyclic) bond motifs is 1. The second kappa shape index (κ2) is 5.38. The van der Waals surface area contributed by atoms with E-state index in [1.807, 2.05) is 6.92 Å². The number of rotatable bonds is 1. The van der Waals surface area contributed by atoms with Crippen LogP contribution in [0.2, 0.25) is 0 Å². The molecule has 4 unspecified atom stereocenters.